The largest absolute Gasteiger partial charge is 0.495 e. The minimum Gasteiger partial charge on any atom is -0.495 e. The third-order valence-corrected chi connectivity index (χ3v) is 11.7. The number of piperazine rings is 1. The van der Waals surface area contributed by atoms with Crippen LogP contribution in [0.4, 0.5) is 0 Å². The minimum atomic E-state index is -4.48. The number of benzene rings is 4. The molecule has 11 nitrogen and oxygen atoms in total. The zero-order chi connectivity index (χ0) is 35.8. The van der Waals surface area contributed by atoms with Crippen molar-refractivity contribution in [2.75, 3.05) is 40.3 Å². The molecule has 2 aliphatic rings. The lowest BCUT2D eigenvalue weighted by Crippen LogP contribution is -2.43. The normalized spacial score (nSPS) is 15.5. The Labute approximate surface area is 294 Å². The molecule has 264 valence electrons. The van der Waals surface area contributed by atoms with E-state index in [0.29, 0.717) is 0 Å². The van der Waals surface area contributed by atoms with Gasteiger partial charge in [-0.15, -0.1) is 0 Å². The maximum absolute atomic E-state index is 14.4. The Hall–Kier alpha value is -4.43. The maximum Gasteiger partial charge on any atom is 0.339 e. The molecule has 0 aromatic heterocycles. The van der Waals surface area contributed by atoms with Crippen LogP contribution in [-0.2, 0) is 39.9 Å². The first-order valence-electron chi connectivity index (χ1n) is 16.3. The molecule has 0 atom stereocenters. The summed E-state index contributed by atoms with van der Waals surface area (Å²) in [4.78, 5) is 20.5. The van der Waals surface area contributed by atoms with Crippen molar-refractivity contribution in [2.24, 2.45) is 0 Å². The third-order valence-electron chi connectivity index (χ3n) is 9.16. The van der Waals surface area contributed by atoms with Gasteiger partial charge in [0, 0.05) is 57.4 Å². The summed E-state index contributed by atoms with van der Waals surface area (Å²) in [6.07, 6.45) is 0. The molecule has 0 saturated carbocycles. The summed E-state index contributed by atoms with van der Waals surface area (Å²) in [5.74, 6) is -1.26. The predicted octanol–water partition coefficient (Wildman–Crippen LogP) is 5.06. The fourth-order valence-electron chi connectivity index (χ4n) is 6.18. The maximum atomic E-state index is 14.4. The Balaban J connectivity index is 1.36. The molecular weight excluding hydrogens is 679 g/mol. The van der Waals surface area contributed by atoms with Gasteiger partial charge in [0.25, 0.3) is 5.91 Å². The van der Waals surface area contributed by atoms with E-state index >= 15 is 0 Å². The van der Waals surface area contributed by atoms with Gasteiger partial charge in [-0.1, -0.05) is 53.6 Å². The van der Waals surface area contributed by atoms with Crippen LogP contribution in [-0.4, -0.2) is 77.8 Å². The smallest absolute Gasteiger partial charge is 0.339 e. The van der Waals surface area contributed by atoms with E-state index in [2.05, 4.69) is 29.0 Å². The van der Waals surface area contributed by atoms with E-state index in [1.54, 1.807) is 29.2 Å². The Morgan fingerprint density at radius 2 is 1.24 bits per heavy atom. The van der Waals surface area contributed by atoms with Crippen molar-refractivity contribution in [1.82, 2.24) is 14.7 Å². The highest BCUT2D eigenvalue weighted by atomic mass is 32.2. The van der Waals surface area contributed by atoms with Crippen LogP contribution >= 0.6 is 0 Å². The SMILES string of the molecule is COc1c(C)c(OS(=O)(=O)c2ccc(C)cc2)cc(OS(=O)(=O)c2ccc(C)cc2)c1C(=O)N1Cc2ccc(CN3CCN(C)CC3)cc2C1. The predicted molar refractivity (Wildman–Crippen MR) is 189 cm³/mol. The number of fused-ring (bicyclic) bond motifs is 1. The molecule has 1 saturated heterocycles. The Kier molecular flexibility index (Phi) is 9.95. The molecular formula is C37H41N3O8S2. The summed E-state index contributed by atoms with van der Waals surface area (Å²) in [5.41, 5.74) is 4.85. The van der Waals surface area contributed by atoms with E-state index in [0.717, 1.165) is 66.6 Å². The Morgan fingerprint density at radius 3 is 1.80 bits per heavy atom. The number of carbonyl (C=O) groups excluding carboxylic acids is 1. The van der Waals surface area contributed by atoms with Gasteiger partial charge in [-0.2, -0.15) is 16.8 Å². The number of hydrogen-bond donors (Lipinski definition) is 0. The highest BCUT2D eigenvalue weighted by molar-refractivity contribution is 7.87. The van der Waals surface area contributed by atoms with Crippen molar-refractivity contribution < 1.29 is 34.7 Å². The molecule has 4 aromatic carbocycles. The molecule has 0 bridgehead atoms. The van der Waals surface area contributed by atoms with Crippen LogP contribution in [0.2, 0.25) is 0 Å². The first kappa shape index (κ1) is 35.4. The van der Waals surface area contributed by atoms with Crippen LogP contribution in [0.5, 0.6) is 17.2 Å². The number of ether oxygens (including phenoxy) is 1. The molecule has 2 aliphatic heterocycles. The van der Waals surface area contributed by atoms with Crippen molar-refractivity contribution in [2.45, 2.75) is 50.2 Å². The van der Waals surface area contributed by atoms with Gasteiger partial charge in [-0.3, -0.25) is 9.69 Å². The minimum absolute atomic E-state index is 0.0626. The monoisotopic (exact) mass is 719 g/mol. The highest BCUT2D eigenvalue weighted by Crippen LogP contribution is 2.42. The van der Waals surface area contributed by atoms with Crippen LogP contribution in [0, 0.1) is 20.8 Å². The van der Waals surface area contributed by atoms with Gasteiger partial charge in [-0.25, -0.2) is 0 Å². The zero-order valence-corrected chi connectivity index (χ0v) is 30.4. The van der Waals surface area contributed by atoms with Crippen molar-refractivity contribution in [3.63, 3.8) is 0 Å². The molecule has 0 N–H and O–H groups in total. The summed E-state index contributed by atoms with van der Waals surface area (Å²) in [7, 11) is -5.40. The topological polar surface area (TPSA) is 123 Å². The van der Waals surface area contributed by atoms with E-state index in [1.807, 2.05) is 19.9 Å². The lowest BCUT2D eigenvalue weighted by molar-refractivity contribution is 0.0746. The van der Waals surface area contributed by atoms with Gasteiger partial charge in [0.05, 0.1) is 7.11 Å². The lowest BCUT2D eigenvalue weighted by atomic mass is 10.1. The fraction of sp³-hybridized carbons (Fsp3) is 0.324. The van der Waals surface area contributed by atoms with Crippen LogP contribution in [0.25, 0.3) is 0 Å². The number of rotatable bonds is 10. The second-order valence-corrected chi connectivity index (χ2v) is 16.0. The zero-order valence-electron chi connectivity index (χ0n) is 28.8. The average molecular weight is 720 g/mol. The Bertz CT molecular complexity index is 2130. The Morgan fingerprint density at radius 1 is 0.700 bits per heavy atom. The number of methoxy groups -OCH3 is 1. The van der Waals surface area contributed by atoms with E-state index in [9.17, 15) is 21.6 Å². The summed E-state index contributed by atoms with van der Waals surface area (Å²) >= 11 is 0. The number of amides is 1. The second kappa shape index (κ2) is 14.1. The van der Waals surface area contributed by atoms with Gasteiger partial charge >= 0.3 is 20.2 Å². The lowest BCUT2D eigenvalue weighted by Gasteiger charge is -2.32. The molecule has 0 unspecified atom stereocenters. The first-order valence-corrected chi connectivity index (χ1v) is 19.1. The van der Waals surface area contributed by atoms with E-state index < -0.39 is 31.9 Å². The number of aryl methyl sites for hydroxylation is 2. The van der Waals surface area contributed by atoms with E-state index in [4.69, 9.17) is 13.1 Å². The van der Waals surface area contributed by atoms with Crippen LogP contribution in [0.1, 0.15) is 43.7 Å². The van der Waals surface area contributed by atoms with Gasteiger partial charge in [0.2, 0.25) is 0 Å². The summed E-state index contributed by atoms with van der Waals surface area (Å²) in [6.45, 7) is 10.6. The van der Waals surface area contributed by atoms with Crippen molar-refractivity contribution >= 4 is 26.1 Å². The van der Waals surface area contributed by atoms with E-state index in [1.165, 1.54) is 38.3 Å². The van der Waals surface area contributed by atoms with E-state index in [-0.39, 0.29) is 45.5 Å². The van der Waals surface area contributed by atoms with Crippen molar-refractivity contribution in [3.05, 3.63) is 112 Å². The molecule has 0 aliphatic carbocycles. The van der Waals surface area contributed by atoms with Gasteiger partial charge in [0.1, 0.15) is 21.1 Å². The number of likely N-dealkylation sites (N-methyl/N-ethyl adjacent to an activating group) is 1. The first-order chi connectivity index (χ1) is 23.7. The van der Waals surface area contributed by atoms with Gasteiger partial charge in [0.15, 0.2) is 11.5 Å². The molecule has 4 aromatic rings. The summed E-state index contributed by atoms with van der Waals surface area (Å²) in [6, 6.07) is 19.5. The van der Waals surface area contributed by atoms with Crippen LogP contribution in [0.3, 0.4) is 0 Å². The quantitative estimate of drug-likeness (QED) is 0.206. The summed E-state index contributed by atoms with van der Waals surface area (Å²) in [5, 5.41) is 0. The molecule has 13 heteroatoms. The molecule has 50 heavy (non-hydrogen) atoms. The molecule has 6 rings (SSSR count). The van der Waals surface area contributed by atoms with Gasteiger partial charge in [-0.05, 0) is 68.8 Å². The molecule has 1 amide bonds. The fourth-order valence-corrected chi connectivity index (χ4v) is 8.08. The molecule has 0 radical (unpaired) electrons. The van der Waals surface area contributed by atoms with Crippen LogP contribution in [0.15, 0.2) is 82.6 Å². The standard InChI is InChI=1S/C37H41N3O8S2/c1-25-6-12-31(13-7-25)49(42,43)47-33-21-34(48-50(44,45)32-14-8-26(2)9-15-32)35(36(46-5)27(33)3)37(41)40-23-29-11-10-28(20-30(29)24-40)22-39-18-16-38(4)17-19-39/h6-15,20-21H,16-19,22-24H2,1-5H3. The summed E-state index contributed by atoms with van der Waals surface area (Å²) < 4.78 is 70.8. The highest BCUT2D eigenvalue weighted by Gasteiger charge is 2.34. The van der Waals surface area contributed by atoms with Crippen molar-refractivity contribution in [3.8, 4) is 17.2 Å². The van der Waals surface area contributed by atoms with Crippen molar-refractivity contribution in [1.29, 1.82) is 0 Å². The number of hydrogen-bond acceptors (Lipinski definition) is 10. The third kappa shape index (κ3) is 7.51. The molecule has 1 fully saturated rings. The molecule has 2 heterocycles. The number of carbonyl (C=O) groups is 1. The van der Waals surface area contributed by atoms with Gasteiger partial charge < -0.3 is 22.9 Å². The average Bonchev–Trinajstić information content (AvgIpc) is 3.50. The molecule has 0 spiro atoms. The van der Waals surface area contributed by atoms with Crippen LogP contribution < -0.4 is 13.1 Å². The second-order valence-electron chi connectivity index (χ2n) is 13.0. The number of nitrogens with zero attached hydrogens (tertiary/aromatic N) is 3.